The number of amides is 1. The molecule has 1 fully saturated rings. The van der Waals surface area contributed by atoms with Gasteiger partial charge in [0.25, 0.3) is 5.91 Å². The molecular weight excluding hydrogens is 518 g/mol. The summed E-state index contributed by atoms with van der Waals surface area (Å²) in [5, 5.41) is 3.44. The van der Waals surface area contributed by atoms with Crippen LogP contribution in [0.15, 0.2) is 40.8 Å². The molecule has 2 aromatic carbocycles. The van der Waals surface area contributed by atoms with Gasteiger partial charge in [0.1, 0.15) is 28.9 Å². The van der Waals surface area contributed by atoms with Gasteiger partial charge in [-0.3, -0.25) is 14.9 Å². The molecular formula is C28H33F4N3O4. The zero-order valence-corrected chi connectivity index (χ0v) is 22.4. The fourth-order valence-corrected chi connectivity index (χ4v) is 4.82. The maximum atomic E-state index is 14.4. The maximum absolute atomic E-state index is 14.4. The van der Waals surface area contributed by atoms with E-state index in [1.54, 1.807) is 23.1 Å². The summed E-state index contributed by atoms with van der Waals surface area (Å²) in [4.78, 5) is 29.4. The molecule has 0 aliphatic carbocycles. The first-order valence-corrected chi connectivity index (χ1v) is 12.9. The van der Waals surface area contributed by atoms with E-state index in [1.165, 1.54) is 39.0 Å². The number of alkyl halides is 4. The zero-order chi connectivity index (χ0) is 28.5. The van der Waals surface area contributed by atoms with Gasteiger partial charge in [-0.2, -0.15) is 13.2 Å². The number of carbonyl (C=O) groups excluding carboxylic acids is 2. The number of furan rings is 1. The Bertz CT molecular complexity index is 1340. The van der Waals surface area contributed by atoms with E-state index in [-0.39, 0.29) is 23.7 Å². The number of hydrogen-bond donors (Lipinski definition) is 1. The van der Waals surface area contributed by atoms with Gasteiger partial charge in [0, 0.05) is 48.9 Å². The van der Waals surface area contributed by atoms with Crippen LogP contribution in [0.2, 0.25) is 0 Å². The van der Waals surface area contributed by atoms with E-state index in [0.29, 0.717) is 35.0 Å². The summed E-state index contributed by atoms with van der Waals surface area (Å²) in [5.74, 6) is -1.07. The van der Waals surface area contributed by atoms with Gasteiger partial charge in [-0.25, -0.2) is 4.39 Å². The van der Waals surface area contributed by atoms with Crippen LogP contribution in [0.1, 0.15) is 49.2 Å². The summed E-state index contributed by atoms with van der Waals surface area (Å²) in [7, 11) is 2.00. The van der Waals surface area contributed by atoms with E-state index < -0.39 is 36.3 Å². The fraction of sp³-hybridized carbons (Fsp3) is 0.500. The molecule has 3 aromatic rings. The van der Waals surface area contributed by atoms with Crippen LogP contribution in [0.25, 0.3) is 21.9 Å². The van der Waals surface area contributed by atoms with Crippen molar-refractivity contribution in [1.29, 1.82) is 0 Å². The lowest BCUT2D eigenvalue weighted by molar-refractivity contribution is -0.165. The van der Waals surface area contributed by atoms with E-state index in [0.717, 1.165) is 13.1 Å². The number of piperazine rings is 1. The minimum atomic E-state index is -4.80. The van der Waals surface area contributed by atoms with Crippen molar-refractivity contribution in [2.75, 3.05) is 39.8 Å². The van der Waals surface area contributed by atoms with Gasteiger partial charge in [-0.15, -0.1) is 0 Å². The summed E-state index contributed by atoms with van der Waals surface area (Å²) < 4.78 is 67.7. The molecule has 1 aliphatic heterocycles. The highest BCUT2D eigenvalue weighted by molar-refractivity contribution is 6.08. The van der Waals surface area contributed by atoms with Gasteiger partial charge in [0.2, 0.25) is 0 Å². The average molecular weight is 552 g/mol. The normalized spacial score (nSPS) is 17.0. The van der Waals surface area contributed by atoms with Crippen LogP contribution in [0.3, 0.4) is 0 Å². The standard InChI is InChI=1S/C28H33F4N3O4/c1-5-38-26(37)21(16-27(2,3)29)33-24(28(30,31)32)17-6-8-19-20-14-18(7-9-22(20)39-23(19)15-17)25(36)35-12-10-34(4)11-13-35/h6-9,14-15,21,24,33H,5,10-13,16H2,1-4H3. The number of carbonyl (C=O) groups is 2. The number of nitrogens with zero attached hydrogens (tertiary/aromatic N) is 2. The van der Waals surface area contributed by atoms with Crippen LogP contribution >= 0.6 is 0 Å². The van der Waals surface area contributed by atoms with Crippen LogP contribution in [0, 0.1) is 0 Å². The van der Waals surface area contributed by atoms with Crippen LogP contribution < -0.4 is 5.32 Å². The first kappa shape index (κ1) is 28.8. The first-order chi connectivity index (χ1) is 18.3. The molecule has 1 amide bonds. The van der Waals surface area contributed by atoms with E-state index in [9.17, 15) is 27.2 Å². The Morgan fingerprint density at radius 3 is 2.31 bits per heavy atom. The van der Waals surface area contributed by atoms with Gasteiger partial charge in [0.15, 0.2) is 0 Å². The second-order valence-corrected chi connectivity index (χ2v) is 10.5. The third kappa shape index (κ3) is 6.70. The largest absolute Gasteiger partial charge is 0.465 e. The fourth-order valence-electron chi connectivity index (χ4n) is 4.82. The lowest BCUT2D eigenvalue weighted by Crippen LogP contribution is -2.47. The Morgan fingerprint density at radius 2 is 1.69 bits per heavy atom. The zero-order valence-electron chi connectivity index (χ0n) is 22.4. The second kappa shape index (κ2) is 11.1. The predicted octanol–water partition coefficient (Wildman–Crippen LogP) is 5.24. The molecule has 0 saturated carbocycles. The lowest BCUT2D eigenvalue weighted by atomic mass is 9.97. The Balaban J connectivity index is 1.66. The molecule has 2 unspecified atom stereocenters. The third-order valence-electron chi connectivity index (χ3n) is 6.82. The van der Waals surface area contributed by atoms with Crippen molar-refractivity contribution in [1.82, 2.24) is 15.1 Å². The van der Waals surface area contributed by atoms with Crippen molar-refractivity contribution in [2.24, 2.45) is 0 Å². The Labute approximate surface area is 224 Å². The Kier molecular flexibility index (Phi) is 8.22. The number of benzene rings is 2. The van der Waals surface area contributed by atoms with Crippen LogP contribution in [-0.2, 0) is 9.53 Å². The molecule has 2 heterocycles. The summed E-state index contributed by atoms with van der Waals surface area (Å²) in [6, 6.07) is 5.23. The summed E-state index contributed by atoms with van der Waals surface area (Å²) >= 11 is 0. The van der Waals surface area contributed by atoms with E-state index >= 15 is 0 Å². The summed E-state index contributed by atoms with van der Waals surface area (Å²) in [5.41, 5.74) is -1.02. The summed E-state index contributed by atoms with van der Waals surface area (Å²) in [6.45, 7) is 6.63. The molecule has 1 saturated heterocycles. The molecule has 2 atom stereocenters. The van der Waals surface area contributed by atoms with Gasteiger partial charge in [-0.05, 0) is 57.6 Å². The molecule has 1 aliphatic rings. The molecule has 7 nitrogen and oxygen atoms in total. The van der Waals surface area contributed by atoms with Crippen LogP contribution in [0.4, 0.5) is 17.6 Å². The SMILES string of the molecule is CCOC(=O)C(CC(C)(C)F)NC(c1ccc2c(c1)oc1ccc(C(=O)N3CCN(C)CC3)cc12)C(F)(F)F. The second-order valence-electron chi connectivity index (χ2n) is 10.5. The number of ether oxygens (including phenoxy) is 1. The summed E-state index contributed by atoms with van der Waals surface area (Å²) in [6.07, 6.45) is -5.30. The predicted molar refractivity (Wildman–Crippen MR) is 139 cm³/mol. The first-order valence-electron chi connectivity index (χ1n) is 12.9. The highest BCUT2D eigenvalue weighted by atomic mass is 19.4. The van der Waals surface area contributed by atoms with Crippen molar-refractivity contribution in [3.05, 3.63) is 47.5 Å². The molecule has 4 rings (SSSR count). The quantitative estimate of drug-likeness (QED) is 0.305. The van der Waals surface area contributed by atoms with Gasteiger partial charge in [0.05, 0.1) is 6.61 Å². The number of hydrogen-bond acceptors (Lipinski definition) is 6. The maximum Gasteiger partial charge on any atom is 0.407 e. The molecule has 1 N–H and O–H groups in total. The van der Waals surface area contributed by atoms with Crippen molar-refractivity contribution in [3.63, 3.8) is 0 Å². The number of nitrogens with one attached hydrogen (secondary N) is 1. The smallest absolute Gasteiger partial charge is 0.407 e. The van der Waals surface area contributed by atoms with Crippen molar-refractivity contribution < 1.29 is 36.3 Å². The molecule has 212 valence electrons. The minimum absolute atomic E-state index is 0.0509. The number of fused-ring (bicyclic) bond motifs is 3. The molecule has 0 spiro atoms. The van der Waals surface area contributed by atoms with Gasteiger partial charge >= 0.3 is 12.1 Å². The Morgan fingerprint density at radius 1 is 1.00 bits per heavy atom. The lowest BCUT2D eigenvalue weighted by Gasteiger charge is -2.32. The highest BCUT2D eigenvalue weighted by Gasteiger charge is 2.44. The van der Waals surface area contributed by atoms with E-state index in [1.807, 2.05) is 7.05 Å². The number of esters is 1. The van der Waals surface area contributed by atoms with Crippen LogP contribution in [0.5, 0.6) is 0 Å². The molecule has 11 heteroatoms. The molecule has 1 aromatic heterocycles. The molecule has 39 heavy (non-hydrogen) atoms. The number of likely N-dealkylation sites (N-methyl/N-ethyl adjacent to an activating group) is 1. The highest BCUT2D eigenvalue weighted by Crippen LogP contribution is 2.37. The average Bonchev–Trinajstić information content (AvgIpc) is 3.22. The van der Waals surface area contributed by atoms with Crippen molar-refractivity contribution in [2.45, 2.75) is 51.1 Å². The Hall–Kier alpha value is -3.18. The molecule has 0 bridgehead atoms. The third-order valence-corrected chi connectivity index (χ3v) is 6.82. The number of rotatable bonds is 8. The monoisotopic (exact) mass is 551 g/mol. The van der Waals surface area contributed by atoms with Crippen LogP contribution in [-0.4, -0.2) is 79.4 Å². The molecule has 0 radical (unpaired) electrons. The van der Waals surface area contributed by atoms with Crippen molar-refractivity contribution in [3.8, 4) is 0 Å². The van der Waals surface area contributed by atoms with E-state index in [2.05, 4.69) is 10.2 Å². The van der Waals surface area contributed by atoms with Gasteiger partial charge in [-0.1, -0.05) is 12.1 Å². The van der Waals surface area contributed by atoms with E-state index in [4.69, 9.17) is 9.15 Å². The minimum Gasteiger partial charge on any atom is -0.465 e. The topological polar surface area (TPSA) is 75.0 Å². The van der Waals surface area contributed by atoms with Gasteiger partial charge < -0.3 is 19.0 Å². The number of halogens is 4. The van der Waals surface area contributed by atoms with Crippen molar-refractivity contribution >= 4 is 33.8 Å².